The summed E-state index contributed by atoms with van der Waals surface area (Å²) < 4.78 is -0.370. The van der Waals surface area contributed by atoms with Gasteiger partial charge in [0.05, 0.1) is 0 Å². The molecular weight excluding hydrogens is 113 g/mol. The van der Waals surface area contributed by atoms with E-state index in [2.05, 4.69) is 5.16 Å². The van der Waals surface area contributed by atoms with E-state index in [1.54, 1.807) is 0 Å². The highest BCUT2D eigenvalue weighted by Crippen LogP contribution is 1.86. The van der Waals surface area contributed by atoms with Gasteiger partial charge in [-0.05, 0) is 23.2 Å². The Morgan fingerprint density at radius 1 is 1.60 bits per heavy atom. The van der Waals surface area contributed by atoms with Gasteiger partial charge in [-0.2, -0.15) is 0 Å². The summed E-state index contributed by atoms with van der Waals surface area (Å²) in [5.41, 5.74) is 0. The van der Waals surface area contributed by atoms with Gasteiger partial charge in [-0.3, -0.25) is 0 Å². The Kier molecular flexibility index (Phi) is 2.32. The Balaban J connectivity index is 3.14. The van der Waals surface area contributed by atoms with E-state index in [4.69, 9.17) is 28.4 Å². The number of hydrogen-bond acceptors (Lipinski definition) is 2. The molecule has 0 rings (SSSR count). The van der Waals surface area contributed by atoms with Gasteiger partial charge in [-0.15, -0.1) is 0 Å². The molecule has 0 aliphatic carbocycles. The molecule has 0 fully saturated rings. The SMILES string of the molecule is ON=C(Cl)Cl. The predicted molar refractivity (Wildman–Crippen MR) is 20.9 cm³/mol. The van der Waals surface area contributed by atoms with Gasteiger partial charge in [-0.25, -0.2) is 0 Å². The lowest BCUT2D eigenvalue weighted by molar-refractivity contribution is 0.322. The first kappa shape index (κ1) is 5.05. The highest BCUT2D eigenvalue weighted by Gasteiger charge is 1.74. The third-order valence-electron chi connectivity index (χ3n) is 0.0756. The summed E-state index contributed by atoms with van der Waals surface area (Å²) in [5.74, 6) is 0. The van der Waals surface area contributed by atoms with Crippen LogP contribution in [0, 0.1) is 0 Å². The summed E-state index contributed by atoms with van der Waals surface area (Å²) in [4.78, 5) is 0. The van der Waals surface area contributed by atoms with Crippen LogP contribution in [0.25, 0.3) is 0 Å². The van der Waals surface area contributed by atoms with Crippen LogP contribution in [0.15, 0.2) is 5.16 Å². The van der Waals surface area contributed by atoms with Crippen LogP contribution in [0.4, 0.5) is 0 Å². The summed E-state index contributed by atoms with van der Waals surface area (Å²) in [6.45, 7) is 0. The van der Waals surface area contributed by atoms with Gasteiger partial charge < -0.3 is 5.21 Å². The highest BCUT2D eigenvalue weighted by molar-refractivity contribution is 6.95. The van der Waals surface area contributed by atoms with Crippen LogP contribution in [0.5, 0.6) is 0 Å². The number of halogens is 2. The molecule has 0 aliphatic heterocycles. The molecule has 5 heavy (non-hydrogen) atoms. The normalized spacial score (nSPS) is 6.80. The Labute approximate surface area is 39.0 Å². The number of nitrogens with zero attached hydrogens (tertiary/aromatic N) is 1. The van der Waals surface area contributed by atoms with E-state index >= 15 is 0 Å². The highest BCUT2D eigenvalue weighted by atomic mass is 35.5. The lowest BCUT2D eigenvalue weighted by Gasteiger charge is -1.65. The lowest BCUT2D eigenvalue weighted by Crippen LogP contribution is -1.62. The number of rotatable bonds is 0. The van der Waals surface area contributed by atoms with Crippen LogP contribution >= 0.6 is 23.2 Å². The van der Waals surface area contributed by atoms with E-state index in [9.17, 15) is 0 Å². The fourth-order valence-corrected chi connectivity index (χ4v) is 0. The van der Waals surface area contributed by atoms with Crippen LogP contribution in [-0.2, 0) is 0 Å². The predicted octanol–water partition coefficient (Wildman–Crippen LogP) is 1.21. The molecular formula is CHCl2NO. The lowest BCUT2D eigenvalue weighted by atomic mass is 11.7. The second kappa shape index (κ2) is 2.30. The quantitative estimate of drug-likeness (QED) is 0.286. The maximum atomic E-state index is 7.47. The van der Waals surface area contributed by atoms with Crippen molar-refractivity contribution in [3.8, 4) is 0 Å². The summed E-state index contributed by atoms with van der Waals surface area (Å²) in [5, 5.41) is 9.80. The van der Waals surface area contributed by atoms with E-state index in [1.165, 1.54) is 0 Å². The summed E-state index contributed by atoms with van der Waals surface area (Å²) in [7, 11) is 0. The van der Waals surface area contributed by atoms with Crippen molar-refractivity contribution in [3.63, 3.8) is 0 Å². The molecule has 0 radical (unpaired) electrons. The van der Waals surface area contributed by atoms with Gasteiger partial charge in [0.15, 0.2) is 0 Å². The fourth-order valence-electron chi connectivity index (χ4n) is 0. The third kappa shape index (κ3) is 4.05. The Hall–Kier alpha value is 0.0500. The van der Waals surface area contributed by atoms with Crippen molar-refractivity contribution in [2.45, 2.75) is 0 Å². The third-order valence-corrected chi connectivity index (χ3v) is 0.227. The first-order valence-corrected chi connectivity index (χ1v) is 1.56. The number of oxime groups is 1. The maximum absolute atomic E-state index is 7.47. The van der Waals surface area contributed by atoms with E-state index < -0.39 is 0 Å². The van der Waals surface area contributed by atoms with Crippen LogP contribution in [0.1, 0.15) is 0 Å². The second-order valence-corrected chi connectivity index (χ2v) is 1.25. The van der Waals surface area contributed by atoms with Crippen molar-refractivity contribution >= 4 is 27.8 Å². The monoisotopic (exact) mass is 113 g/mol. The van der Waals surface area contributed by atoms with Gasteiger partial charge in [0.25, 0.3) is 0 Å². The molecule has 0 atom stereocenters. The van der Waals surface area contributed by atoms with Gasteiger partial charge >= 0.3 is 0 Å². The van der Waals surface area contributed by atoms with Crippen molar-refractivity contribution in [2.24, 2.45) is 5.16 Å². The van der Waals surface area contributed by atoms with Crippen LogP contribution in [-0.4, -0.2) is 9.84 Å². The van der Waals surface area contributed by atoms with E-state index in [0.29, 0.717) is 0 Å². The largest absolute Gasteiger partial charge is 0.409 e. The van der Waals surface area contributed by atoms with Crippen molar-refractivity contribution < 1.29 is 5.21 Å². The van der Waals surface area contributed by atoms with E-state index in [0.717, 1.165) is 0 Å². The first-order chi connectivity index (χ1) is 2.27. The average Bonchev–Trinajstić information content (AvgIpc) is 1.38. The second-order valence-electron chi connectivity index (χ2n) is 0.340. The average molecular weight is 114 g/mol. The topological polar surface area (TPSA) is 32.6 Å². The molecule has 0 amide bonds. The van der Waals surface area contributed by atoms with E-state index in [-0.39, 0.29) is 4.63 Å². The molecule has 0 saturated heterocycles. The molecule has 0 bridgehead atoms. The Morgan fingerprint density at radius 2 is 1.80 bits per heavy atom. The molecule has 0 spiro atoms. The van der Waals surface area contributed by atoms with Gasteiger partial charge in [0, 0.05) is 0 Å². The van der Waals surface area contributed by atoms with Gasteiger partial charge in [-0.1, -0.05) is 5.16 Å². The van der Waals surface area contributed by atoms with Crippen molar-refractivity contribution in [1.29, 1.82) is 0 Å². The van der Waals surface area contributed by atoms with Gasteiger partial charge in [0.2, 0.25) is 4.63 Å². The van der Waals surface area contributed by atoms with Crippen LogP contribution < -0.4 is 0 Å². The summed E-state index contributed by atoms with van der Waals surface area (Å²) >= 11 is 9.46. The molecule has 0 saturated carbocycles. The molecule has 0 aromatic rings. The Bertz CT molecular complexity index is 47.6. The van der Waals surface area contributed by atoms with E-state index in [1.807, 2.05) is 0 Å². The Morgan fingerprint density at radius 3 is 1.80 bits per heavy atom. The molecule has 0 aliphatic rings. The fraction of sp³-hybridized carbons (Fsp3) is 0. The zero-order valence-corrected chi connectivity index (χ0v) is 3.66. The minimum absolute atomic E-state index is 0.370. The zero-order valence-electron chi connectivity index (χ0n) is 2.15. The maximum Gasteiger partial charge on any atom is 0.235 e. The molecule has 0 heterocycles. The molecule has 0 unspecified atom stereocenters. The van der Waals surface area contributed by atoms with Crippen molar-refractivity contribution in [2.75, 3.05) is 0 Å². The van der Waals surface area contributed by atoms with Crippen LogP contribution in [0.3, 0.4) is 0 Å². The van der Waals surface area contributed by atoms with Crippen LogP contribution in [0.2, 0.25) is 0 Å². The van der Waals surface area contributed by atoms with Crippen molar-refractivity contribution in [3.05, 3.63) is 0 Å². The molecule has 30 valence electrons. The molecule has 2 nitrogen and oxygen atoms in total. The minimum atomic E-state index is -0.370. The molecule has 4 heteroatoms. The molecule has 0 aromatic heterocycles. The number of hydrogen-bond donors (Lipinski definition) is 1. The summed E-state index contributed by atoms with van der Waals surface area (Å²) in [6.07, 6.45) is 0. The molecule has 1 N–H and O–H groups in total. The zero-order chi connectivity index (χ0) is 4.28. The first-order valence-electron chi connectivity index (χ1n) is 0.802. The standard InChI is InChI=1S/CHCl2NO/c2-1(3)4-5/h5H. The smallest absolute Gasteiger partial charge is 0.235 e. The minimum Gasteiger partial charge on any atom is -0.409 e. The van der Waals surface area contributed by atoms with Crippen molar-refractivity contribution in [1.82, 2.24) is 0 Å². The molecule has 0 aromatic carbocycles. The summed E-state index contributed by atoms with van der Waals surface area (Å²) in [6, 6.07) is 0. The van der Waals surface area contributed by atoms with Gasteiger partial charge in [0.1, 0.15) is 0 Å².